The molecule has 0 atom stereocenters. The monoisotopic (exact) mass is 233 g/mol. The molecule has 1 saturated heterocycles. The summed E-state index contributed by atoms with van der Waals surface area (Å²) in [5.74, 6) is 0. The van der Waals surface area contributed by atoms with Crippen molar-refractivity contribution < 1.29 is 4.79 Å². The van der Waals surface area contributed by atoms with Crippen molar-refractivity contribution in [3.05, 3.63) is 30.3 Å². The molecule has 1 fully saturated rings. The highest BCUT2D eigenvalue weighted by Gasteiger charge is 2.28. The second-order valence-electron chi connectivity index (χ2n) is 4.56. The van der Waals surface area contributed by atoms with E-state index in [2.05, 4.69) is 4.90 Å². The molecule has 0 radical (unpaired) electrons. The Labute approximate surface area is 102 Å². The number of hydrogen-bond acceptors (Lipinski definition) is 2. The van der Waals surface area contributed by atoms with Gasteiger partial charge in [-0.05, 0) is 26.2 Å². The minimum Gasteiger partial charge on any atom is -0.321 e. The van der Waals surface area contributed by atoms with Crippen LogP contribution in [0.4, 0.5) is 10.5 Å². The molecule has 0 N–H and O–H groups in total. The fourth-order valence-electron chi connectivity index (χ4n) is 1.96. The van der Waals surface area contributed by atoms with Crippen LogP contribution in [0.1, 0.15) is 0 Å². The Hall–Kier alpha value is -1.55. The smallest absolute Gasteiger partial charge is 0.321 e. The Kier molecular flexibility index (Phi) is 3.64. The van der Waals surface area contributed by atoms with Crippen molar-refractivity contribution in [1.29, 1.82) is 0 Å². The summed E-state index contributed by atoms with van der Waals surface area (Å²) in [7, 11) is 4.05. The van der Waals surface area contributed by atoms with E-state index in [0.717, 1.165) is 31.9 Å². The van der Waals surface area contributed by atoms with Gasteiger partial charge in [-0.25, -0.2) is 4.79 Å². The SMILES string of the molecule is CN(C)CCN1CCN(c2ccccc2)C1=O. The fourth-order valence-corrected chi connectivity index (χ4v) is 1.96. The number of hydrogen-bond donors (Lipinski definition) is 0. The van der Waals surface area contributed by atoms with E-state index < -0.39 is 0 Å². The van der Waals surface area contributed by atoms with E-state index in [9.17, 15) is 4.79 Å². The van der Waals surface area contributed by atoms with E-state index in [1.54, 1.807) is 0 Å². The Bertz CT molecular complexity index is 378. The normalized spacial score (nSPS) is 16.1. The summed E-state index contributed by atoms with van der Waals surface area (Å²) in [6.45, 7) is 3.32. The third-order valence-electron chi connectivity index (χ3n) is 2.98. The summed E-state index contributed by atoms with van der Waals surface area (Å²) < 4.78 is 0. The molecule has 2 amide bonds. The molecule has 0 aromatic heterocycles. The zero-order chi connectivity index (χ0) is 12.3. The first kappa shape index (κ1) is 11.9. The van der Waals surface area contributed by atoms with Crippen LogP contribution < -0.4 is 4.90 Å². The van der Waals surface area contributed by atoms with Gasteiger partial charge in [0.2, 0.25) is 0 Å². The van der Waals surface area contributed by atoms with Crippen LogP contribution in [0, 0.1) is 0 Å². The highest BCUT2D eigenvalue weighted by Crippen LogP contribution is 2.19. The lowest BCUT2D eigenvalue weighted by molar-refractivity contribution is 0.215. The molecule has 0 unspecified atom stereocenters. The summed E-state index contributed by atoms with van der Waals surface area (Å²) in [4.78, 5) is 18.0. The first-order chi connectivity index (χ1) is 8.18. The van der Waals surface area contributed by atoms with Crippen LogP contribution >= 0.6 is 0 Å². The number of amides is 2. The third kappa shape index (κ3) is 2.77. The molecular weight excluding hydrogens is 214 g/mol. The lowest BCUT2D eigenvalue weighted by Gasteiger charge is -2.20. The maximum absolute atomic E-state index is 12.2. The van der Waals surface area contributed by atoms with Gasteiger partial charge >= 0.3 is 6.03 Å². The van der Waals surface area contributed by atoms with Crippen LogP contribution in [0.3, 0.4) is 0 Å². The highest BCUT2D eigenvalue weighted by atomic mass is 16.2. The molecule has 1 heterocycles. The summed E-state index contributed by atoms with van der Waals surface area (Å²) in [6.07, 6.45) is 0. The molecule has 2 rings (SSSR count). The Morgan fingerprint density at radius 2 is 1.88 bits per heavy atom. The van der Waals surface area contributed by atoms with Gasteiger partial charge in [-0.15, -0.1) is 0 Å². The van der Waals surface area contributed by atoms with Gasteiger partial charge in [-0.1, -0.05) is 18.2 Å². The van der Waals surface area contributed by atoms with E-state index >= 15 is 0 Å². The first-order valence-corrected chi connectivity index (χ1v) is 5.94. The number of carbonyl (C=O) groups is 1. The molecule has 1 aliphatic heterocycles. The number of para-hydroxylation sites is 1. The molecular formula is C13H19N3O. The zero-order valence-corrected chi connectivity index (χ0v) is 10.5. The van der Waals surface area contributed by atoms with Crippen molar-refractivity contribution in [3.63, 3.8) is 0 Å². The van der Waals surface area contributed by atoms with E-state index in [-0.39, 0.29) is 6.03 Å². The summed E-state index contributed by atoms with van der Waals surface area (Å²) in [6, 6.07) is 9.98. The zero-order valence-electron chi connectivity index (χ0n) is 10.5. The molecule has 0 saturated carbocycles. The Morgan fingerprint density at radius 3 is 2.53 bits per heavy atom. The predicted octanol–water partition coefficient (Wildman–Crippen LogP) is 1.49. The summed E-state index contributed by atoms with van der Waals surface area (Å²) in [5.41, 5.74) is 0.991. The van der Waals surface area contributed by atoms with Gasteiger partial charge in [0.05, 0.1) is 0 Å². The molecule has 0 spiro atoms. The molecule has 92 valence electrons. The highest BCUT2D eigenvalue weighted by molar-refractivity contribution is 5.94. The van der Waals surface area contributed by atoms with Crippen LogP contribution in [0.25, 0.3) is 0 Å². The maximum Gasteiger partial charge on any atom is 0.324 e. The van der Waals surface area contributed by atoms with Gasteiger partial charge < -0.3 is 9.80 Å². The first-order valence-electron chi connectivity index (χ1n) is 5.94. The average Bonchev–Trinajstić information content (AvgIpc) is 2.69. The molecule has 1 aromatic rings. The topological polar surface area (TPSA) is 26.8 Å². The largest absolute Gasteiger partial charge is 0.324 e. The number of carbonyl (C=O) groups excluding carboxylic acids is 1. The second-order valence-corrected chi connectivity index (χ2v) is 4.56. The summed E-state index contributed by atoms with van der Waals surface area (Å²) >= 11 is 0. The van der Waals surface area contributed by atoms with Crippen LogP contribution in [-0.4, -0.2) is 56.1 Å². The fraction of sp³-hybridized carbons (Fsp3) is 0.462. The minimum atomic E-state index is 0.123. The van der Waals surface area contributed by atoms with Crippen LogP contribution in [0.15, 0.2) is 30.3 Å². The van der Waals surface area contributed by atoms with E-state index in [1.807, 2.05) is 54.2 Å². The summed E-state index contributed by atoms with van der Waals surface area (Å²) in [5, 5.41) is 0. The number of rotatable bonds is 4. The van der Waals surface area contributed by atoms with Crippen molar-refractivity contribution in [2.45, 2.75) is 0 Å². The standard InChI is InChI=1S/C13H19N3O/c1-14(2)8-9-15-10-11-16(13(15)17)12-6-4-3-5-7-12/h3-7H,8-11H2,1-2H3. The molecule has 17 heavy (non-hydrogen) atoms. The molecule has 0 bridgehead atoms. The van der Waals surface area contributed by atoms with E-state index in [1.165, 1.54) is 0 Å². The number of likely N-dealkylation sites (N-methyl/N-ethyl adjacent to an activating group) is 1. The van der Waals surface area contributed by atoms with Crippen molar-refractivity contribution in [1.82, 2.24) is 9.80 Å². The Morgan fingerprint density at radius 1 is 1.18 bits per heavy atom. The van der Waals surface area contributed by atoms with Gasteiger partial charge in [0.25, 0.3) is 0 Å². The third-order valence-corrected chi connectivity index (χ3v) is 2.98. The molecule has 1 aromatic carbocycles. The molecule has 4 heteroatoms. The van der Waals surface area contributed by atoms with Gasteiger partial charge in [0.15, 0.2) is 0 Å². The van der Waals surface area contributed by atoms with Crippen LogP contribution in [0.2, 0.25) is 0 Å². The van der Waals surface area contributed by atoms with Crippen molar-refractivity contribution in [2.24, 2.45) is 0 Å². The number of urea groups is 1. The second kappa shape index (κ2) is 5.19. The van der Waals surface area contributed by atoms with Crippen LogP contribution in [0.5, 0.6) is 0 Å². The van der Waals surface area contributed by atoms with Gasteiger partial charge in [0, 0.05) is 31.9 Å². The van der Waals surface area contributed by atoms with E-state index in [4.69, 9.17) is 0 Å². The number of benzene rings is 1. The number of anilines is 1. The maximum atomic E-state index is 12.2. The van der Waals surface area contributed by atoms with Gasteiger partial charge in [-0.3, -0.25) is 4.90 Å². The molecule has 0 aliphatic carbocycles. The average molecular weight is 233 g/mol. The van der Waals surface area contributed by atoms with Crippen LogP contribution in [-0.2, 0) is 0 Å². The minimum absolute atomic E-state index is 0.123. The van der Waals surface area contributed by atoms with Crippen molar-refractivity contribution >= 4 is 11.7 Å². The van der Waals surface area contributed by atoms with E-state index in [0.29, 0.717) is 0 Å². The quantitative estimate of drug-likeness (QED) is 0.787. The Balaban J connectivity index is 1.98. The number of nitrogens with zero attached hydrogens (tertiary/aromatic N) is 3. The lowest BCUT2D eigenvalue weighted by atomic mass is 10.3. The van der Waals surface area contributed by atoms with Crippen molar-refractivity contribution in [2.75, 3.05) is 45.2 Å². The van der Waals surface area contributed by atoms with Gasteiger partial charge in [0.1, 0.15) is 0 Å². The predicted molar refractivity (Wildman–Crippen MR) is 69.3 cm³/mol. The van der Waals surface area contributed by atoms with Gasteiger partial charge in [-0.2, -0.15) is 0 Å². The molecule has 1 aliphatic rings. The lowest BCUT2D eigenvalue weighted by Crippen LogP contribution is -2.36. The van der Waals surface area contributed by atoms with Crippen molar-refractivity contribution in [3.8, 4) is 0 Å². The molecule has 4 nitrogen and oxygen atoms in total.